The van der Waals surface area contributed by atoms with E-state index in [-0.39, 0.29) is 11.3 Å². The molecule has 1 aromatic carbocycles. The number of aryl methyl sites for hydroxylation is 1. The maximum atomic E-state index is 13.7. The minimum absolute atomic E-state index is 0.00900. The first-order valence-electron chi connectivity index (χ1n) is 11.1. The van der Waals surface area contributed by atoms with Crippen LogP contribution in [-0.4, -0.2) is 59.9 Å². The Morgan fingerprint density at radius 1 is 1.29 bits per heavy atom. The molecule has 3 aromatic rings. The van der Waals surface area contributed by atoms with Gasteiger partial charge in [0.05, 0.1) is 12.7 Å². The Morgan fingerprint density at radius 3 is 2.65 bits per heavy atom. The van der Waals surface area contributed by atoms with Crippen LogP contribution in [0.1, 0.15) is 40.9 Å². The molecule has 0 bridgehead atoms. The Kier molecular flexibility index (Phi) is 7.02. The third-order valence-corrected chi connectivity index (χ3v) is 7.53. The van der Waals surface area contributed by atoms with E-state index in [1.165, 1.54) is 18.4 Å². The third-order valence-electron chi connectivity index (χ3n) is 6.24. The quantitative estimate of drug-likeness (QED) is 0.395. The molecule has 2 aromatic heterocycles. The first-order chi connectivity index (χ1) is 16.3. The number of carbonyl (C=O) groups is 2. The van der Waals surface area contributed by atoms with Gasteiger partial charge in [0, 0.05) is 34.4 Å². The van der Waals surface area contributed by atoms with Crippen LogP contribution >= 0.6 is 22.9 Å². The summed E-state index contributed by atoms with van der Waals surface area (Å²) in [6.45, 7) is 8.75. The van der Waals surface area contributed by atoms with Crippen molar-refractivity contribution in [2.45, 2.75) is 26.8 Å². The van der Waals surface area contributed by atoms with E-state index in [1.807, 2.05) is 18.4 Å². The molecule has 0 spiro atoms. The molecule has 1 aliphatic rings. The second-order valence-electron chi connectivity index (χ2n) is 8.12. The summed E-state index contributed by atoms with van der Waals surface area (Å²) in [5.41, 5.74) is 1.36. The molecule has 9 heteroatoms. The van der Waals surface area contributed by atoms with Gasteiger partial charge in [-0.2, -0.15) is 0 Å². The van der Waals surface area contributed by atoms with E-state index in [4.69, 9.17) is 20.8 Å². The van der Waals surface area contributed by atoms with E-state index < -0.39 is 23.5 Å². The summed E-state index contributed by atoms with van der Waals surface area (Å²) < 4.78 is 11.2. The monoisotopic (exact) mass is 502 g/mol. The van der Waals surface area contributed by atoms with Crippen LogP contribution in [0, 0.1) is 6.92 Å². The van der Waals surface area contributed by atoms with Crippen LogP contribution in [0.4, 0.5) is 0 Å². The molecule has 0 saturated carbocycles. The predicted molar refractivity (Wildman–Crippen MR) is 133 cm³/mol. The van der Waals surface area contributed by atoms with Gasteiger partial charge in [-0.05, 0) is 49.2 Å². The highest BCUT2D eigenvalue weighted by Gasteiger charge is 2.45. The van der Waals surface area contributed by atoms with Gasteiger partial charge in [0.15, 0.2) is 22.9 Å². The first-order valence-corrected chi connectivity index (χ1v) is 12.4. The highest BCUT2D eigenvalue weighted by Crippen LogP contribution is 2.43. The minimum Gasteiger partial charge on any atom is -0.503 e. The Morgan fingerprint density at radius 2 is 2.03 bits per heavy atom. The van der Waals surface area contributed by atoms with Crippen molar-refractivity contribution in [3.63, 3.8) is 0 Å². The van der Waals surface area contributed by atoms with E-state index in [0.29, 0.717) is 34.8 Å². The summed E-state index contributed by atoms with van der Waals surface area (Å²) in [6.07, 6.45) is 0. The highest BCUT2D eigenvalue weighted by atomic mass is 35.5. The molecule has 1 aliphatic heterocycles. The minimum atomic E-state index is -0.686. The molecule has 7 nitrogen and oxygen atoms in total. The van der Waals surface area contributed by atoms with Crippen LogP contribution in [0.15, 0.2) is 45.4 Å². The molecular formula is C25H27ClN2O5S. The second kappa shape index (κ2) is 9.82. The van der Waals surface area contributed by atoms with Gasteiger partial charge in [0.1, 0.15) is 6.04 Å². The molecule has 3 heterocycles. The molecular weight excluding hydrogens is 476 g/mol. The number of hydrogen-bond donors (Lipinski definition) is 1. The van der Waals surface area contributed by atoms with E-state index in [9.17, 15) is 14.7 Å². The molecule has 0 saturated heterocycles. The second-order valence-corrected chi connectivity index (χ2v) is 9.51. The number of Topliss-reactive ketones (excluding diaryl/α,β-unsaturated/α-hetero) is 1. The number of ketones is 1. The van der Waals surface area contributed by atoms with Gasteiger partial charge in [-0.1, -0.05) is 25.4 Å². The van der Waals surface area contributed by atoms with E-state index in [2.05, 4.69) is 18.7 Å². The van der Waals surface area contributed by atoms with Gasteiger partial charge < -0.3 is 24.1 Å². The van der Waals surface area contributed by atoms with Crippen LogP contribution in [0.25, 0.3) is 11.0 Å². The van der Waals surface area contributed by atoms with Crippen LogP contribution in [0.3, 0.4) is 0 Å². The average Bonchev–Trinajstić information content (AvgIpc) is 3.50. The lowest BCUT2D eigenvalue weighted by molar-refractivity contribution is -0.129. The van der Waals surface area contributed by atoms with Crippen molar-refractivity contribution in [3.05, 3.63) is 62.2 Å². The lowest BCUT2D eigenvalue weighted by atomic mass is 9.98. The van der Waals surface area contributed by atoms with Crippen molar-refractivity contribution in [2.75, 3.05) is 33.3 Å². The normalized spacial score (nSPS) is 16.4. The number of ether oxygens (including phenoxy) is 1. The van der Waals surface area contributed by atoms with Crippen LogP contribution in [0.5, 0.6) is 5.75 Å². The number of likely N-dealkylation sites (N-methyl/N-ethyl adjacent to an activating group) is 1. The maximum absolute atomic E-state index is 13.7. The molecule has 1 unspecified atom stereocenters. The molecule has 34 heavy (non-hydrogen) atoms. The van der Waals surface area contributed by atoms with Crippen molar-refractivity contribution < 1.29 is 23.8 Å². The summed E-state index contributed by atoms with van der Waals surface area (Å²) in [5, 5.41) is 13.8. The Labute approximate surface area is 207 Å². The van der Waals surface area contributed by atoms with Gasteiger partial charge in [0.2, 0.25) is 5.78 Å². The van der Waals surface area contributed by atoms with Crippen molar-refractivity contribution in [1.29, 1.82) is 0 Å². The number of carbonyl (C=O) groups excluding carboxylic acids is 2. The summed E-state index contributed by atoms with van der Waals surface area (Å²) in [4.78, 5) is 31.5. The number of halogens is 1. The number of rotatable bonds is 9. The Hall–Kier alpha value is -2.81. The predicted octanol–water partition coefficient (Wildman–Crippen LogP) is 5.38. The summed E-state index contributed by atoms with van der Waals surface area (Å²) in [6, 6.07) is 6.09. The van der Waals surface area contributed by atoms with Gasteiger partial charge in [-0.25, -0.2) is 0 Å². The van der Waals surface area contributed by atoms with Crippen LogP contribution in [-0.2, 0) is 4.79 Å². The van der Waals surface area contributed by atoms with E-state index in [1.54, 1.807) is 23.1 Å². The van der Waals surface area contributed by atoms with Crippen molar-refractivity contribution in [3.8, 4) is 5.75 Å². The van der Waals surface area contributed by atoms with Crippen molar-refractivity contribution in [2.24, 2.45) is 0 Å². The zero-order valence-corrected chi connectivity index (χ0v) is 21.1. The van der Waals surface area contributed by atoms with E-state index >= 15 is 0 Å². The number of aliphatic hydroxyl groups is 1. The summed E-state index contributed by atoms with van der Waals surface area (Å²) in [7, 11) is 1.49. The Bertz CT molecular complexity index is 1270. The fraction of sp³-hybridized carbons (Fsp3) is 0.360. The first kappa shape index (κ1) is 24.3. The zero-order valence-electron chi connectivity index (χ0n) is 19.6. The molecule has 0 aliphatic carbocycles. The fourth-order valence-corrected chi connectivity index (χ4v) is 5.59. The molecule has 0 fully saturated rings. The van der Waals surface area contributed by atoms with Gasteiger partial charge in [-0.3, -0.25) is 9.59 Å². The highest BCUT2D eigenvalue weighted by molar-refractivity contribution is 7.10. The summed E-state index contributed by atoms with van der Waals surface area (Å²) >= 11 is 7.62. The molecule has 1 N–H and O–H groups in total. The number of furan rings is 1. The number of fused-ring (bicyclic) bond motifs is 1. The van der Waals surface area contributed by atoms with Crippen LogP contribution < -0.4 is 4.74 Å². The number of thiophene rings is 1. The SMILES string of the molecule is CCN(CC)CCN1C(=O)C(O)=C(C(=O)c2cc3cc(Cl)cc(OC)c3o2)C1c1sccc1C. The summed E-state index contributed by atoms with van der Waals surface area (Å²) in [5.74, 6) is -1.22. The standard InChI is InChI=1S/C25H27ClN2O5S/c1-5-27(6-2)8-9-28-20(24-14(3)7-10-34-24)19(22(30)25(28)31)21(29)17-12-15-11-16(26)13-18(32-4)23(15)33-17/h7,10-13,20,30H,5-6,8-9H2,1-4H3. The largest absolute Gasteiger partial charge is 0.503 e. The number of amides is 1. The van der Waals surface area contributed by atoms with Gasteiger partial charge in [0.25, 0.3) is 5.91 Å². The third kappa shape index (κ3) is 4.21. The number of nitrogens with zero attached hydrogens (tertiary/aromatic N) is 2. The van der Waals surface area contributed by atoms with Crippen LogP contribution in [0.2, 0.25) is 5.02 Å². The maximum Gasteiger partial charge on any atom is 0.290 e. The lowest BCUT2D eigenvalue weighted by Gasteiger charge is -2.28. The number of benzene rings is 1. The number of hydrogen-bond acceptors (Lipinski definition) is 7. The average molecular weight is 503 g/mol. The molecule has 4 rings (SSSR count). The number of methoxy groups -OCH3 is 1. The fourth-order valence-electron chi connectivity index (χ4n) is 4.32. The molecule has 0 radical (unpaired) electrons. The Balaban J connectivity index is 1.77. The van der Waals surface area contributed by atoms with Crippen molar-refractivity contribution in [1.82, 2.24) is 9.80 Å². The smallest absolute Gasteiger partial charge is 0.290 e. The van der Waals surface area contributed by atoms with Gasteiger partial charge in [-0.15, -0.1) is 11.3 Å². The van der Waals surface area contributed by atoms with E-state index in [0.717, 1.165) is 23.5 Å². The molecule has 1 amide bonds. The van der Waals surface area contributed by atoms with Crippen molar-refractivity contribution >= 4 is 45.6 Å². The van der Waals surface area contributed by atoms with Gasteiger partial charge >= 0.3 is 0 Å². The molecule has 180 valence electrons. The topological polar surface area (TPSA) is 83.2 Å². The molecule has 1 atom stereocenters. The zero-order chi connectivity index (χ0) is 24.6. The number of aliphatic hydroxyl groups excluding tert-OH is 1. The lowest BCUT2D eigenvalue weighted by Crippen LogP contribution is -2.38.